The van der Waals surface area contributed by atoms with E-state index >= 15 is 0 Å². The van der Waals surface area contributed by atoms with Crippen LogP contribution >= 0.6 is 15.2 Å². The van der Waals surface area contributed by atoms with E-state index in [1.807, 2.05) is 86.0 Å². The lowest BCUT2D eigenvalue weighted by atomic mass is 9.97. The minimum absolute atomic E-state index is 0.109. The van der Waals surface area contributed by atoms with Gasteiger partial charge in [-0.2, -0.15) is 0 Å². The average Bonchev–Trinajstić information content (AvgIpc) is 3.38. The summed E-state index contributed by atoms with van der Waals surface area (Å²) in [7, 11) is -9.05. The molecule has 0 aliphatic carbocycles. The van der Waals surface area contributed by atoms with Crippen LogP contribution in [0.4, 0.5) is 22.7 Å². The zero-order valence-electron chi connectivity index (χ0n) is 21.8. The third-order valence-electron chi connectivity index (χ3n) is 7.76. The van der Waals surface area contributed by atoms with Crippen LogP contribution in [0.25, 0.3) is 0 Å². The largest absolute Gasteiger partial charge is 0.335 e. The second-order valence-corrected chi connectivity index (χ2v) is 14.4. The summed E-state index contributed by atoms with van der Waals surface area (Å²) >= 11 is 0. The van der Waals surface area contributed by atoms with E-state index in [0.717, 1.165) is 22.7 Å². The quantitative estimate of drug-likeness (QED) is 0.255. The molecule has 3 aromatic carbocycles. The number of para-hydroxylation sites is 4. The van der Waals surface area contributed by atoms with Crippen molar-refractivity contribution in [3.8, 4) is 0 Å². The van der Waals surface area contributed by atoms with Crippen LogP contribution in [0.3, 0.4) is 0 Å². The Bertz CT molecular complexity index is 1340. The molecule has 0 bridgehead atoms. The fraction of sp³-hybridized carbons (Fsp3) is 0.357. The van der Waals surface area contributed by atoms with Crippen molar-refractivity contribution in [1.29, 1.82) is 0 Å². The van der Waals surface area contributed by atoms with Gasteiger partial charge in [0, 0.05) is 11.4 Å². The van der Waals surface area contributed by atoms with Gasteiger partial charge < -0.3 is 29.4 Å². The minimum Gasteiger partial charge on any atom is -0.335 e. The first-order valence-corrected chi connectivity index (χ1v) is 16.2. The van der Waals surface area contributed by atoms with Gasteiger partial charge in [-0.25, -0.2) is 0 Å². The number of benzene rings is 3. The predicted octanol–water partition coefficient (Wildman–Crippen LogP) is 6.48. The molecule has 3 aromatic rings. The van der Waals surface area contributed by atoms with E-state index in [9.17, 15) is 28.7 Å². The van der Waals surface area contributed by atoms with Gasteiger partial charge in [0.2, 0.25) is 0 Å². The van der Waals surface area contributed by atoms with Crippen LogP contribution in [0.1, 0.15) is 50.1 Å². The van der Waals surface area contributed by atoms with Gasteiger partial charge in [0.05, 0.1) is 23.5 Å². The molecule has 0 radical (unpaired) electrons. The lowest BCUT2D eigenvalue weighted by Gasteiger charge is -2.39. The summed E-state index contributed by atoms with van der Waals surface area (Å²) in [5.74, 6) is -0.217. The highest BCUT2D eigenvalue weighted by Crippen LogP contribution is 2.66. The molecular weight excluding hydrogens is 522 g/mol. The van der Waals surface area contributed by atoms with Crippen molar-refractivity contribution in [3.63, 3.8) is 0 Å². The van der Waals surface area contributed by atoms with E-state index in [-0.39, 0.29) is 11.8 Å². The third kappa shape index (κ3) is 4.34. The van der Waals surface area contributed by atoms with Gasteiger partial charge in [0.15, 0.2) is 0 Å². The molecule has 38 heavy (non-hydrogen) atoms. The Morgan fingerprint density at radius 2 is 0.842 bits per heavy atom. The van der Waals surface area contributed by atoms with E-state index in [1.165, 1.54) is 0 Å². The molecule has 2 heterocycles. The lowest BCUT2D eigenvalue weighted by Crippen LogP contribution is -2.38. The topological polar surface area (TPSA) is 122 Å². The molecule has 0 aromatic heterocycles. The molecule has 2 aliphatic heterocycles. The Morgan fingerprint density at radius 1 is 0.553 bits per heavy atom. The van der Waals surface area contributed by atoms with Crippen molar-refractivity contribution in [1.82, 2.24) is 0 Å². The fourth-order valence-corrected chi connectivity index (χ4v) is 9.34. The third-order valence-corrected chi connectivity index (χ3v) is 10.4. The maximum Gasteiger partial charge on any atom is 0.335 e. The van der Waals surface area contributed by atoms with E-state index in [2.05, 4.69) is 0 Å². The van der Waals surface area contributed by atoms with E-state index in [4.69, 9.17) is 0 Å². The monoisotopic (exact) mass is 556 g/mol. The normalized spacial score (nSPS) is 23.3. The zero-order chi connectivity index (χ0) is 27.6. The average molecular weight is 557 g/mol. The van der Waals surface area contributed by atoms with Crippen LogP contribution in [0.5, 0.6) is 0 Å². The Morgan fingerprint density at radius 3 is 1.13 bits per heavy atom. The summed E-state index contributed by atoms with van der Waals surface area (Å²) in [4.78, 5) is 46.0. The van der Waals surface area contributed by atoms with Crippen LogP contribution in [-0.2, 0) is 9.13 Å². The molecular formula is C28H34N2O6P2. The summed E-state index contributed by atoms with van der Waals surface area (Å²) in [5.41, 5.74) is 2.14. The Balaban J connectivity index is 1.77. The highest BCUT2D eigenvalue weighted by atomic mass is 31.2. The number of anilines is 4. The lowest BCUT2D eigenvalue weighted by molar-refractivity contribution is 0.337. The Labute approximate surface area is 223 Å². The second kappa shape index (κ2) is 9.63. The molecule has 5 rings (SSSR count). The molecule has 0 saturated heterocycles. The van der Waals surface area contributed by atoms with Crippen molar-refractivity contribution in [3.05, 3.63) is 83.9 Å². The van der Waals surface area contributed by atoms with Gasteiger partial charge in [0.1, 0.15) is 11.3 Å². The van der Waals surface area contributed by atoms with Crippen molar-refractivity contribution in [2.75, 3.05) is 9.80 Å². The number of nitrogens with zero attached hydrogens (tertiary/aromatic N) is 2. The second-order valence-electron chi connectivity index (χ2n) is 10.9. The van der Waals surface area contributed by atoms with Crippen LogP contribution in [0.2, 0.25) is 0 Å². The standard InChI is InChI=1S/C28H34N2O6P2/c1-17(2)25-27(37(31,32)33)19-11-5-7-13-21(19)29(25)23-15-9-10-16-24(23)30-22-14-8-6-12-20(22)28(38(34,35)36)26(30)18(3)4/h5-18,25-28H,1-4H3,(H2,31,32,33)(H2,34,35,36). The molecule has 10 heteroatoms. The summed E-state index contributed by atoms with van der Waals surface area (Å²) in [6.07, 6.45) is 0. The van der Waals surface area contributed by atoms with Gasteiger partial charge in [-0.05, 0) is 47.2 Å². The van der Waals surface area contributed by atoms with Crippen LogP contribution in [-0.4, -0.2) is 31.7 Å². The highest BCUT2D eigenvalue weighted by Gasteiger charge is 2.52. The fourth-order valence-electron chi connectivity index (χ4n) is 6.42. The molecule has 8 nitrogen and oxygen atoms in total. The first kappa shape index (κ1) is 27.1. The van der Waals surface area contributed by atoms with Gasteiger partial charge in [-0.3, -0.25) is 9.13 Å². The van der Waals surface area contributed by atoms with Crippen molar-refractivity contribution in [2.45, 2.75) is 51.1 Å². The highest BCUT2D eigenvalue weighted by molar-refractivity contribution is 7.52. The molecule has 0 amide bonds. The van der Waals surface area contributed by atoms with Gasteiger partial charge in [0.25, 0.3) is 0 Å². The Hall–Kier alpha value is -2.44. The predicted molar refractivity (Wildman–Crippen MR) is 150 cm³/mol. The van der Waals surface area contributed by atoms with Gasteiger partial charge in [-0.1, -0.05) is 76.2 Å². The van der Waals surface area contributed by atoms with Crippen molar-refractivity contribution in [2.24, 2.45) is 11.8 Å². The first-order valence-electron chi connectivity index (χ1n) is 12.8. The zero-order valence-corrected chi connectivity index (χ0v) is 23.6. The maximum absolute atomic E-state index is 12.9. The Kier molecular flexibility index (Phi) is 6.88. The minimum atomic E-state index is -4.53. The number of hydrogen-bond acceptors (Lipinski definition) is 4. The number of fused-ring (bicyclic) bond motifs is 2. The molecule has 0 spiro atoms. The van der Waals surface area contributed by atoms with Crippen molar-refractivity contribution >= 4 is 37.9 Å². The summed E-state index contributed by atoms with van der Waals surface area (Å²) in [6, 6.07) is 21.2. The SMILES string of the molecule is CC(C)C1C(P(=O)(O)O)c2ccccc2N1c1ccccc1N1c2ccccc2C(P(=O)(O)O)C1C(C)C. The number of hydrogen-bond donors (Lipinski definition) is 4. The first-order chi connectivity index (χ1) is 17.8. The molecule has 4 N–H and O–H groups in total. The summed E-state index contributed by atoms with van der Waals surface area (Å²) < 4.78 is 25.7. The molecule has 0 saturated carbocycles. The summed E-state index contributed by atoms with van der Waals surface area (Å²) in [6.45, 7) is 7.84. The smallest absolute Gasteiger partial charge is 0.335 e. The van der Waals surface area contributed by atoms with Gasteiger partial charge >= 0.3 is 15.2 Å². The van der Waals surface area contributed by atoms with E-state index in [0.29, 0.717) is 11.1 Å². The number of rotatable bonds is 6. The van der Waals surface area contributed by atoms with Gasteiger partial charge in [-0.15, -0.1) is 0 Å². The molecule has 4 unspecified atom stereocenters. The summed E-state index contributed by atoms with van der Waals surface area (Å²) in [5, 5.41) is 0. The maximum atomic E-state index is 12.9. The van der Waals surface area contributed by atoms with E-state index < -0.39 is 38.6 Å². The molecule has 202 valence electrons. The molecule has 4 atom stereocenters. The van der Waals surface area contributed by atoms with Crippen LogP contribution < -0.4 is 9.80 Å². The van der Waals surface area contributed by atoms with E-state index in [1.54, 1.807) is 24.3 Å². The molecule has 0 fully saturated rings. The van der Waals surface area contributed by atoms with Crippen molar-refractivity contribution < 1.29 is 28.7 Å². The van der Waals surface area contributed by atoms with Crippen LogP contribution in [0.15, 0.2) is 72.8 Å². The molecule has 2 aliphatic rings. The van der Waals surface area contributed by atoms with Crippen LogP contribution in [0, 0.1) is 11.8 Å².